The van der Waals surface area contributed by atoms with Crippen molar-refractivity contribution in [2.24, 2.45) is 0 Å². The number of benzene rings is 1. The Kier molecular flexibility index (Phi) is 5.92. The van der Waals surface area contributed by atoms with E-state index < -0.39 is 17.8 Å². The summed E-state index contributed by atoms with van der Waals surface area (Å²) in [5.74, 6) is -0.784. The van der Waals surface area contributed by atoms with Crippen LogP contribution in [0.4, 0.5) is 10.5 Å². The second kappa shape index (κ2) is 8.36. The average molecular weight is 377 g/mol. The van der Waals surface area contributed by atoms with Gasteiger partial charge in [0.25, 0.3) is 0 Å². The van der Waals surface area contributed by atoms with Gasteiger partial charge in [-0.1, -0.05) is 0 Å². The molecule has 1 aromatic rings. The third kappa shape index (κ3) is 3.88. The molecule has 9 nitrogen and oxygen atoms in total. The third-order valence-electron chi connectivity index (χ3n) is 4.28. The van der Waals surface area contributed by atoms with Crippen LogP contribution in [0, 0.1) is 0 Å². The molecular formula is C18H23N3O6. The van der Waals surface area contributed by atoms with Crippen molar-refractivity contribution in [3.63, 3.8) is 0 Å². The van der Waals surface area contributed by atoms with Gasteiger partial charge in [-0.05, 0) is 26.0 Å². The molecule has 2 saturated heterocycles. The highest BCUT2D eigenvalue weighted by molar-refractivity contribution is 6.52. The van der Waals surface area contributed by atoms with E-state index in [1.807, 2.05) is 18.7 Å². The van der Waals surface area contributed by atoms with Crippen LogP contribution in [-0.4, -0.2) is 73.8 Å². The van der Waals surface area contributed by atoms with Gasteiger partial charge in [0, 0.05) is 19.2 Å². The number of morpholine rings is 1. The van der Waals surface area contributed by atoms with Gasteiger partial charge in [0.15, 0.2) is 11.5 Å². The Morgan fingerprint density at radius 2 is 1.63 bits per heavy atom. The molecule has 27 heavy (non-hydrogen) atoms. The molecule has 4 amide bonds. The topological polar surface area (TPSA) is 88.6 Å². The lowest BCUT2D eigenvalue weighted by atomic mass is 10.2. The van der Waals surface area contributed by atoms with Crippen molar-refractivity contribution in [2.45, 2.75) is 13.8 Å². The molecule has 3 rings (SSSR count). The van der Waals surface area contributed by atoms with E-state index in [4.69, 9.17) is 14.2 Å². The first kappa shape index (κ1) is 19.1. The van der Waals surface area contributed by atoms with Gasteiger partial charge in [-0.2, -0.15) is 0 Å². The molecule has 2 fully saturated rings. The second-order valence-electron chi connectivity index (χ2n) is 6.03. The smallest absolute Gasteiger partial charge is 0.340 e. The van der Waals surface area contributed by atoms with E-state index in [1.165, 1.54) is 6.07 Å². The maximum atomic E-state index is 12.8. The molecule has 0 spiro atoms. The van der Waals surface area contributed by atoms with Gasteiger partial charge >= 0.3 is 17.8 Å². The Bertz CT molecular complexity index is 732. The largest absolute Gasteiger partial charge is 0.490 e. The number of amides is 4. The van der Waals surface area contributed by atoms with Crippen LogP contribution in [0.1, 0.15) is 13.8 Å². The molecule has 0 atom stereocenters. The number of hydrogen-bond donors (Lipinski definition) is 0. The molecule has 0 aliphatic carbocycles. The summed E-state index contributed by atoms with van der Waals surface area (Å²) in [5, 5.41) is 0. The third-order valence-corrected chi connectivity index (χ3v) is 4.28. The van der Waals surface area contributed by atoms with Crippen molar-refractivity contribution in [2.75, 3.05) is 51.1 Å². The van der Waals surface area contributed by atoms with Crippen LogP contribution < -0.4 is 14.4 Å². The zero-order valence-electron chi connectivity index (χ0n) is 15.5. The van der Waals surface area contributed by atoms with Gasteiger partial charge in [0.05, 0.1) is 38.8 Å². The molecular weight excluding hydrogens is 354 g/mol. The maximum Gasteiger partial charge on any atom is 0.340 e. The Morgan fingerprint density at radius 1 is 0.963 bits per heavy atom. The molecule has 0 N–H and O–H groups in total. The van der Waals surface area contributed by atoms with Crippen molar-refractivity contribution in [3.05, 3.63) is 18.2 Å². The zero-order chi connectivity index (χ0) is 19.4. The first-order chi connectivity index (χ1) is 13.1. The van der Waals surface area contributed by atoms with Crippen LogP contribution in [-0.2, 0) is 14.3 Å². The van der Waals surface area contributed by atoms with Gasteiger partial charge in [0.1, 0.15) is 0 Å². The molecule has 0 aromatic heterocycles. The molecule has 146 valence electrons. The van der Waals surface area contributed by atoms with Crippen LogP contribution in [0.5, 0.6) is 11.5 Å². The zero-order valence-corrected chi connectivity index (χ0v) is 15.5. The minimum atomic E-state index is -0.875. The second-order valence-corrected chi connectivity index (χ2v) is 6.03. The molecule has 0 bridgehead atoms. The molecule has 0 radical (unpaired) electrons. The fourth-order valence-electron chi connectivity index (χ4n) is 2.98. The van der Waals surface area contributed by atoms with Gasteiger partial charge in [0.2, 0.25) is 0 Å². The van der Waals surface area contributed by atoms with Crippen molar-refractivity contribution in [1.29, 1.82) is 0 Å². The van der Waals surface area contributed by atoms with Crippen molar-refractivity contribution < 1.29 is 28.6 Å². The van der Waals surface area contributed by atoms with Crippen molar-refractivity contribution in [3.8, 4) is 11.5 Å². The number of imide groups is 2. The number of carbonyl (C=O) groups is 3. The van der Waals surface area contributed by atoms with Crippen LogP contribution >= 0.6 is 0 Å². The minimum Gasteiger partial charge on any atom is -0.490 e. The van der Waals surface area contributed by atoms with E-state index >= 15 is 0 Å². The lowest BCUT2D eigenvalue weighted by molar-refractivity contribution is -0.140. The number of nitrogens with zero attached hydrogens (tertiary/aromatic N) is 3. The predicted molar refractivity (Wildman–Crippen MR) is 95.8 cm³/mol. The summed E-state index contributed by atoms with van der Waals surface area (Å²) in [4.78, 5) is 41.3. The van der Waals surface area contributed by atoms with E-state index in [-0.39, 0.29) is 12.4 Å². The van der Waals surface area contributed by atoms with E-state index in [9.17, 15) is 14.4 Å². The molecule has 0 saturated carbocycles. The van der Waals surface area contributed by atoms with Gasteiger partial charge in [-0.15, -0.1) is 0 Å². The summed E-state index contributed by atoms with van der Waals surface area (Å²) in [6, 6.07) is 4.06. The monoisotopic (exact) mass is 377 g/mol. The van der Waals surface area contributed by atoms with Crippen LogP contribution in [0.3, 0.4) is 0 Å². The molecule has 2 heterocycles. The molecule has 2 aliphatic rings. The summed E-state index contributed by atoms with van der Waals surface area (Å²) < 4.78 is 16.3. The fraction of sp³-hybridized carbons (Fsp3) is 0.500. The Balaban J connectivity index is 1.83. The first-order valence-corrected chi connectivity index (χ1v) is 8.96. The maximum absolute atomic E-state index is 12.8. The summed E-state index contributed by atoms with van der Waals surface area (Å²) in [5.41, 5.74) is 0.273. The SMILES string of the molecule is CCOc1ccc(N2C(=O)C(=O)N(CN3CCOCC3)C2=O)cc1OCC. The van der Waals surface area contributed by atoms with Gasteiger partial charge in [-0.3, -0.25) is 14.5 Å². The summed E-state index contributed by atoms with van der Waals surface area (Å²) in [6.45, 7) is 6.85. The first-order valence-electron chi connectivity index (χ1n) is 8.96. The number of carbonyl (C=O) groups excluding carboxylic acids is 3. The summed E-state index contributed by atoms with van der Waals surface area (Å²) in [6.07, 6.45) is 0. The van der Waals surface area contributed by atoms with Gasteiger partial charge < -0.3 is 14.2 Å². The lowest BCUT2D eigenvalue weighted by Gasteiger charge is -2.29. The predicted octanol–water partition coefficient (Wildman–Crippen LogP) is 1.07. The number of anilines is 1. The van der Waals surface area contributed by atoms with Crippen molar-refractivity contribution in [1.82, 2.24) is 9.80 Å². The highest BCUT2D eigenvalue weighted by atomic mass is 16.5. The molecule has 2 aliphatic heterocycles. The molecule has 0 unspecified atom stereocenters. The van der Waals surface area contributed by atoms with E-state index in [0.717, 1.165) is 9.80 Å². The standard InChI is InChI=1S/C18H23N3O6/c1-3-26-14-6-5-13(11-15(14)27-4-2)21-17(23)16(22)20(18(21)24)12-19-7-9-25-10-8-19/h5-6,11H,3-4,7-10,12H2,1-2H3. The Labute approximate surface area is 157 Å². The number of ether oxygens (including phenoxy) is 3. The molecule has 1 aromatic carbocycles. The average Bonchev–Trinajstić information content (AvgIpc) is 2.88. The fourth-order valence-corrected chi connectivity index (χ4v) is 2.98. The van der Waals surface area contributed by atoms with Crippen LogP contribution in [0.25, 0.3) is 0 Å². The highest BCUT2D eigenvalue weighted by Crippen LogP contribution is 2.34. The summed E-state index contributed by atoms with van der Waals surface area (Å²) in [7, 11) is 0. The van der Waals surface area contributed by atoms with E-state index in [2.05, 4.69) is 0 Å². The summed E-state index contributed by atoms with van der Waals surface area (Å²) >= 11 is 0. The Hall–Kier alpha value is -2.65. The normalized spacial score (nSPS) is 18.4. The minimum absolute atomic E-state index is 0.0681. The number of hydrogen-bond acceptors (Lipinski definition) is 7. The molecule has 9 heteroatoms. The van der Waals surface area contributed by atoms with E-state index in [0.29, 0.717) is 51.0 Å². The Morgan fingerprint density at radius 3 is 2.30 bits per heavy atom. The number of rotatable bonds is 7. The van der Waals surface area contributed by atoms with E-state index in [1.54, 1.807) is 12.1 Å². The quantitative estimate of drug-likeness (QED) is 0.519. The van der Waals surface area contributed by atoms with Crippen LogP contribution in [0.2, 0.25) is 0 Å². The lowest BCUT2D eigenvalue weighted by Crippen LogP contribution is -2.46. The van der Waals surface area contributed by atoms with Crippen LogP contribution in [0.15, 0.2) is 18.2 Å². The highest BCUT2D eigenvalue weighted by Gasteiger charge is 2.46. The number of urea groups is 1. The van der Waals surface area contributed by atoms with Gasteiger partial charge in [-0.25, -0.2) is 14.6 Å². The van der Waals surface area contributed by atoms with Crippen molar-refractivity contribution >= 4 is 23.5 Å².